The molecule has 1 aliphatic heterocycles. The van der Waals surface area contributed by atoms with Crippen molar-refractivity contribution in [1.29, 1.82) is 0 Å². The number of piperazine rings is 1. The number of carbonyl (C=O) groups is 2. The maximum Gasteiger partial charge on any atom is 0.323 e. The lowest BCUT2D eigenvalue weighted by molar-refractivity contribution is 0.0954. The minimum atomic E-state index is -0.330. The maximum atomic E-state index is 13.3. The van der Waals surface area contributed by atoms with Crippen LogP contribution in [-0.2, 0) is 0 Å². The first-order chi connectivity index (χ1) is 20.2. The first-order valence-corrected chi connectivity index (χ1v) is 15.0. The Bertz CT molecular complexity index is 1350. The summed E-state index contributed by atoms with van der Waals surface area (Å²) in [6.07, 6.45) is 0.840. The number of nitrogens with zero attached hydrogens (tertiary/aromatic N) is 2. The van der Waals surface area contributed by atoms with E-state index in [4.69, 9.17) is 4.74 Å². The molecule has 1 fully saturated rings. The number of anilines is 4. The van der Waals surface area contributed by atoms with E-state index < -0.39 is 0 Å². The highest BCUT2D eigenvalue weighted by Crippen LogP contribution is 2.33. The highest BCUT2D eigenvalue weighted by molar-refractivity contribution is 6.04. The van der Waals surface area contributed by atoms with Crippen molar-refractivity contribution < 1.29 is 14.3 Å². The van der Waals surface area contributed by atoms with Crippen LogP contribution in [-0.4, -0.2) is 51.8 Å². The molecule has 0 spiro atoms. The van der Waals surface area contributed by atoms with Crippen molar-refractivity contribution in [2.24, 2.45) is 0 Å². The monoisotopic (exact) mass is 571 g/mol. The number of amides is 3. The highest BCUT2D eigenvalue weighted by Gasteiger charge is 2.24. The van der Waals surface area contributed by atoms with E-state index in [1.165, 1.54) is 0 Å². The van der Waals surface area contributed by atoms with Gasteiger partial charge in [-0.1, -0.05) is 65.0 Å². The van der Waals surface area contributed by atoms with Crippen molar-refractivity contribution in [1.82, 2.24) is 5.32 Å². The van der Waals surface area contributed by atoms with E-state index in [2.05, 4.69) is 71.6 Å². The van der Waals surface area contributed by atoms with Gasteiger partial charge in [0.2, 0.25) is 0 Å². The third-order valence-electron chi connectivity index (χ3n) is 7.69. The van der Waals surface area contributed by atoms with Gasteiger partial charge in [-0.3, -0.25) is 4.79 Å². The molecule has 0 atom stereocenters. The number of urea groups is 1. The van der Waals surface area contributed by atoms with E-state index in [0.29, 0.717) is 17.8 Å². The molecule has 0 radical (unpaired) electrons. The average Bonchev–Trinajstić information content (AvgIpc) is 2.99. The van der Waals surface area contributed by atoms with E-state index in [-0.39, 0.29) is 23.8 Å². The molecule has 1 aliphatic rings. The fourth-order valence-corrected chi connectivity index (χ4v) is 5.46. The first-order valence-electron chi connectivity index (χ1n) is 15.0. The minimum Gasteiger partial charge on any atom is -0.495 e. The fourth-order valence-electron chi connectivity index (χ4n) is 5.46. The van der Waals surface area contributed by atoms with Crippen molar-refractivity contribution in [2.75, 3.05) is 60.3 Å². The molecule has 3 aromatic rings. The van der Waals surface area contributed by atoms with Crippen LogP contribution in [0.4, 0.5) is 27.5 Å². The van der Waals surface area contributed by atoms with Crippen LogP contribution >= 0.6 is 0 Å². The van der Waals surface area contributed by atoms with Gasteiger partial charge in [0.1, 0.15) is 5.75 Å². The Balaban J connectivity index is 1.54. The van der Waals surface area contributed by atoms with Gasteiger partial charge in [-0.15, -0.1) is 0 Å². The summed E-state index contributed by atoms with van der Waals surface area (Å²) in [6.45, 7) is 14.2. The molecule has 8 heteroatoms. The minimum absolute atomic E-state index is 0.143. The van der Waals surface area contributed by atoms with Crippen molar-refractivity contribution in [3.8, 4) is 5.75 Å². The summed E-state index contributed by atoms with van der Waals surface area (Å²) in [5.74, 6) is 1.23. The Kier molecular flexibility index (Phi) is 10.3. The number of ether oxygens (including phenoxy) is 1. The average molecular weight is 572 g/mol. The van der Waals surface area contributed by atoms with Gasteiger partial charge in [0.15, 0.2) is 0 Å². The van der Waals surface area contributed by atoms with Crippen LogP contribution in [0.2, 0.25) is 0 Å². The third kappa shape index (κ3) is 7.16. The van der Waals surface area contributed by atoms with Crippen molar-refractivity contribution in [3.63, 3.8) is 0 Å². The molecule has 1 saturated heterocycles. The lowest BCUT2D eigenvalue weighted by atomic mass is 9.93. The molecule has 0 aliphatic carbocycles. The van der Waals surface area contributed by atoms with Crippen LogP contribution in [0, 0.1) is 0 Å². The maximum absolute atomic E-state index is 13.3. The van der Waals surface area contributed by atoms with Gasteiger partial charge in [-0.05, 0) is 59.7 Å². The number of benzene rings is 3. The zero-order valence-electron chi connectivity index (χ0n) is 25.8. The third-order valence-corrected chi connectivity index (χ3v) is 7.69. The molecular weight excluding hydrogens is 526 g/mol. The van der Waals surface area contributed by atoms with Crippen LogP contribution < -0.4 is 30.5 Å². The Hall–Kier alpha value is -4.20. The fraction of sp³-hybridized carbons (Fsp3) is 0.412. The van der Waals surface area contributed by atoms with Gasteiger partial charge in [-0.2, -0.15) is 0 Å². The van der Waals surface area contributed by atoms with Gasteiger partial charge in [0.05, 0.1) is 18.4 Å². The summed E-state index contributed by atoms with van der Waals surface area (Å²) in [6, 6.07) is 19.5. The van der Waals surface area contributed by atoms with E-state index >= 15 is 0 Å². The van der Waals surface area contributed by atoms with Crippen molar-refractivity contribution in [3.05, 3.63) is 77.4 Å². The number of methoxy groups -OCH3 is 1. The summed E-state index contributed by atoms with van der Waals surface area (Å²) in [7, 11) is 1.69. The Morgan fingerprint density at radius 1 is 0.810 bits per heavy atom. The van der Waals surface area contributed by atoms with E-state index in [1.807, 2.05) is 43.3 Å². The summed E-state index contributed by atoms with van der Waals surface area (Å²) in [5.41, 5.74) is 6.10. The zero-order valence-corrected chi connectivity index (χ0v) is 25.8. The standard InChI is InChI=1S/C34H45N5O3/c1-7-17-35-33(40)28-22-25(36-34(41)37-32-26(23(2)3)11-10-12-27(32)24(4)5)15-16-29(28)38-18-20-39(21-19-38)30-13-8-9-14-31(30)42-6/h8-16,22-24H,7,17-21H2,1-6H3,(H,35,40)(H2,36,37,41). The lowest BCUT2D eigenvalue weighted by Gasteiger charge is -2.38. The first kappa shape index (κ1) is 30.8. The number of rotatable bonds is 10. The van der Waals surface area contributed by atoms with E-state index in [0.717, 1.165) is 66.5 Å². The van der Waals surface area contributed by atoms with Gasteiger partial charge >= 0.3 is 6.03 Å². The van der Waals surface area contributed by atoms with Crippen LogP contribution in [0.3, 0.4) is 0 Å². The van der Waals surface area contributed by atoms with E-state index in [9.17, 15) is 9.59 Å². The number of nitrogens with one attached hydrogen (secondary N) is 3. The molecule has 1 heterocycles. The molecular formula is C34H45N5O3. The highest BCUT2D eigenvalue weighted by atomic mass is 16.5. The normalized spacial score (nSPS) is 13.3. The molecule has 3 amide bonds. The molecule has 224 valence electrons. The summed E-state index contributed by atoms with van der Waals surface area (Å²) in [4.78, 5) is 31.1. The van der Waals surface area contributed by atoms with Crippen LogP contribution in [0.5, 0.6) is 5.75 Å². The molecule has 42 heavy (non-hydrogen) atoms. The Morgan fingerprint density at radius 3 is 2.02 bits per heavy atom. The van der Waals surface area contributed by atoms with Crippen LogP contribution in [0.25, 0.3) is 0 Å². The quantitative estimate of drug-likeness (QED) is 0.243. The molecule has 0 bridgehead atoms. The smallest absolute Gasteiger partial charge is 0.323 e. The second-order valence-electron chi connectivity index (χ2n) is 11.3. The molecule has 8 nitrogen and oxygen atoms in total. The number of hydrogen-bond donors (Lipinski definition) is 3. The Morgan fingerprint density at radius 2 is 1.43 bits per heavy atom. The largest absolute Gasteiger partial charge is 0.495 e. The van der Waals surface area contributed by atoms with Crippen molar-refractivity contribution in [2.45, 2.75) is 52.9 Å². The molecule has 0 aromatic heterocycles. The van der Waals surface area contributed by atoms with Gasteiger partial charge < -0.3 is 30.5 Å². The predicted molar refractivity (Wildman–Crippen MR) is 174 cm³/mol. The van der Waals surface area contributed by atoms with Crippen LogP contribution in [0.1, 0.15) is 74.4 Å². The molecule has 3 aromatic carbocycles. The number of para-hydroxylation sites is 3. The lowest BCUT2D eigenvalue weighted by Crippen LogP contribution is -2.47. The van der Waals surface area contributed by atoms with Gasteiger partial charge in [0, 0.05) is 49.8 Å². The molecule has 3 N–H and O–H groups in total. The second-order valence-corrected chi connectivity index (χ2v) is 11.3. The second kappa shape index (κ2) is 14.1. The zero-order chi connectivity index (χ0) is 30.2. The summed E-state index contributed by atoms with van der Waals surface area (Å²) in [5, 5.41) is 9.10. The molecule has 4 rings (SSSR count). The Labute approximate surface area is 250 Å². The SMILES string of the molecule is CCCNC(=O)c1cc(NC(=O)Nc2c(C(C)C)cccc2C(C)C)ccc1N1CCN(c2ccccc2OC)CC1. The van der Waals surface area contributed by atoms with Crippen LogP contribution in [0.15, 0.2) is 60.7 Å². The number of hydrogen-bond acceptors (Lipinski definition) is 5. The topological polar surface area (TPSA) is 85.9 Å². The predicted octanol–water partition coefficient (Wildman–Crippen LogP) is 7.05. The summed E-state index contributed by atoms with van der Waals surface area (Å²) >= 11 is 0. The molecule has 0 unspecified atom stereocenters. The summed E-state index contributed by atoms with van der Waals surface area (Å²) < 4.78 is 5.57. The van der Waals surface area contributed by atoms with Crippen molar-refractivity contribution >= 4 is 34.7 Å². The number of carbonyl (C=O) groups excluding carboxylic acids is 2. The molecule has 0 saturated carbocycles. The van der Waals surface area contributed by atoms with E-state index in [1.54, 1.807) is 13.2 Å². The van der Waals surface area contributed by atoms with Gasteiger partial charge in [-0.25, -0.2) is 4.79 Å². The van der Waals surface area contributed by atoms with Gasteiger partial charge in [0.25, 0.3) is 5.91 Å².